The van der Waals surface area contributed by atoms with Gasteiger partial charge in [-0.2, -0.15) is 11.8 Å². The summed E-state index contributed by atoms with van der Waals surface area (Å²) in [7, 11) is 0. The van der Waals surface area contributed by atoms with Gasteiger partial charge in [-0.1, -0.05) is 12.8 Å². The smallest absolute Gasteiger partial charge is 0.329 e. The summed E-state index contributed by atoms with van der Waals surface area (Å²) in [5.74, 6) is 1.22. The second-order valence-corrected chi connectivity index (χ2v) is 6.30. The molecule has 1 saturated carbocycles. The quantitative estimate of drug-likeness (QED) is 0.729. The molecule has 2 aliphatic rings. The molecule has 0 aromatic rings. The Bertz CT molecular complexity index is 323. The van der Waals surface area contributed by atoms with Crippen molar-refractivity contribution < 1.29 is 14.7 Å². The fourth-order valence-corrected chi connectivity index (χ4v) is 3.76. The molecule has 2 amide bonds. The van der Waals surface area contributed by atoms with Gasteiger partial charge in [0, 0.05) is 6.04 Å². The van der Waals surface area contributed by atoms with Crippen LogP contribution in [0, 0.1) is 0 Å². The van der Waals surface area contributed by atoms with Crippen molar-refractivity contribution >= 4 is 23.8 Å². The first-order valence-electron chi connectivity index (χ1n) is 6.52. The molecule has 5 nitrogen and oxygen atoms in total. The Kier molecular flexibility index (Phi) is 4.37. The SMILES string of the molecule is O=C(NC1CCSCC1)NC1(C(=O)O)CCCC1. The lowest BCUT2D eigenvalue weighted by Gasteiger charge is -2.28. The van der Waals surface area contributed by atoms with E-state index in [0.29, 0.717) is 12.8 Å². The van der Waals surface area contributed by atoms with Crippen molar-refractivity contribution in [2.45, 2.75) is 50.1 Å². The van der Waals surface area contributed by atoms with E-state index in [9.17, 15) is 14.7 Å². The van der Waals surface area contributed by atoms with Crippen LogP contribution in [0.25, 0.3) is 0 Å². The van der Waals surface area contributed by atoms with Crippen LogP contribution in [0.1, 0.15) is 38.5 Å². The molecule has 2 rings (SSSR count). The minimum absolute atomic E-state index is 0.193. The zero-order valence-electron chi connectivity index (χ0n) is 10.4. The second kappa shape index (κ2) is 5.82. The molecule has 1 aliphatic carbocycles. The summed E-state index contributed by atoms with van der Waals surface area (Å²) in [6, 6.07) is -0.130. The standard InChI is InChI=1S/C12H20N2O3S/c15-10(16)12(5-1-2-6-12)14-11(17)13-9-3-7-18-8-4-9/h9H,1-8H2,(H,15,16)(H2,13,14,17). The number of carbonyl (C=O) groups excluding carboxylic acids is 1. The number of carboxylic acids is 1. The Morgan fingerprint density at radius 1 is 1.17 bits per heavy atom. The molecule has 1 heterocycles. The summed E-state index contributed by atoms with van der Waals surface area (Å²) >= 11 is 1.90. The van der Waals surface area contributed by atoms with Crippen LogP contribution in [0.2, 0.25) is 0 Å². The number of nitrogens with one attached hydrogen (secondary N) is 2. The van der Waals surface area contributed by atoms with Gasteiger partial charge in [-0.15, -0.1) is 0 Å². The fourth-order valence-electron chi connectivity index (χ4n) is 2.65. The zero-order valence-corrected chi connectivity index (χ0v) is 11.2. The van der Waals surface area contributed by atoms with Gasteiger partial charge in [0.05, 0.1) is 0 Å². The lowest BCUT2D eigenvalue weighted by molar-refractivity contribution is -0.144. The highest BCUT2D eigenvalue weighted by atomic mass is 32.2. The van der Waals surface area contributed by atoms with Crippen molar-refractivity contribution in [3.63, 3.8) is 0 Å². The number of aliphatic carboxylic acids is 1. The molecule has 6 heteroatoms. The van der Waals surface area contributed by atoms with Gasteiger partial charge >= 0.3 is 12.0 Å². The highest BCUT2D eigenvalue weighted by Crippen LogP contribution is 2.29. The van der Waals surface area contributed by atoms with Gasteiger partial charge in [-0.05, 0) is 37.2 Å². The number of carbonyl (C=O) groups is 2. The van der Waals surface area contributed by atoms with Gasteiger partial charge in [0.15, 0.2) is 0 Å². The van der Waals surface area contributed by atoms with Crippen LogP contribution in [0.3, 0.4) is 0 Å². The molecular formula is C12H20N2O3S. The minimum atomic E-state index is -1.03. The topological polar surface area (TPSA) is 78.4 Å². The maximum Gasteiger partial charge on any atom is 0.329 e. The molecule has 0 unspecified atom stereocenters. The molecule has 0 aromatic carbocycles. The highest BCUT2D eigenvalue weighted by molar-refractivity contribution is 7.99. The Hall–Kier alpha value is -0.910. The molecule has 18 heavy (non-hydrogen) atoms. The molecule has 0 radical (unpaired) electrons. The predicted octanol–water partition coefficient (Wildman–Crippen LogP) is 1.58. The van der Waals surface area contributed by atoms with Crippen LogP contribution >= 0.6 is 11.8 Å². The number of thioether (sulfide) groups is 1. The normalized spacial score (nSPS) is 23.6. The molecule has 2 fully saturated rings. The van der Waals surface area contributed by atoms with Gasteiger partial charge < -0.3 is 15.7 Å². The lowest BCUT2D eigenvalue weighted by Crippen LogP contribution is -2.57. The number of carboxylic acid groups (broad SMARTS) is 1. The highest BCUT2D eigenvalue weighted by Gasteiger charge is 2.42. The van der Waals surface area contributed by atoms with Gasteiger partial charge in [0.1, 0.15) is 5.54 Å². The van der Waals surface area contributed by atoms with Crippen molar-refractivity contribution in [1.82, 2.24) is 10.6 Å². The predicted molar refractivity (Wildman–Crippen MR) is 70.8 cm³/mol. The van der Waals surface area contributed by atoms with Crippen molar-refractivity contribution in [1.29, 1.82) is 0 Å². The van der Waals surface area contributed by atoms with E-state index >= 15 is 0 Å². The van der Waals surface area contributed by atoms with Gasteiger partial charge in [-0.3, -0.25) is 0 Å². The summed E-state index contributed by atoms with van der Waals surface area (Å²) < 4.78 is 0. The minimum Gasteiger partial charge on any atom is -0.480 e. The summed E-state index contributed by atoms with van der Waals surface area (Å²) in [6.07, 6.45) is 4.75. The average molecular weight is 272 g/mol. The maximum atomic E-state index is 11.9. The van der Waals surface area contributed by atoms with E-state index in [2.05, 4.69) is 10.6 Å². The molecule has 1 saturated heterocycles. The Balaban J connectivity index is 1.87. The Morgan fingerprint density at radius 2 is 1.78 bits per heavy atom. The summed E-state index contributed by atoms with van der Waals surface area (Å²) in [5, 5.41) is 14.9. The third kappa shape index (κ3) is 3.10. The van der Waals surface area contributed by atoms with E-state index in [-0.39, 0.29) is 12.1 Å². The number of amides is 2. The van der Waals surface area contributed by atoms with E-state index in [1.165, 1.54) is 0 Å². The van der Waals surface area contributed by atoms with Gasteiger partial charge in [0.2, 0.25) is 0 Å². The van der Waals surface area contributed by atoms with Gasteiger partial charge in [0.25, 0.3) is 0 Å². The Labute approximate surface area is 111 Å². The number of urea groups is 1. The van der Waals surface area contributed by atoms with E-state index in [1.807, 2.05) is 11.8 Å². The summed E-state index contributed by atoms with van der Waals surface area (Å²) in [4.78, 5) is 23.2. The van der Waals surface area contributed by atoms with Crippen LogP contribution in [0.15, 0.2) is 0 Å². The van der Waals surface area contributed by atoms with Crippen LogP contribution < -0.4 is 10.6 Å². The number of hydrogen-bond acceptors (Lipinski definition) is 3. The third-order valence-corrected chi connectivity index (χ3v) is 4.82. The van der Waals surface area contributed by atoms with Crippen molar-refractivity contribution in [2.24, 2.45) is 0 Å². The Morgan fingerprint density at radius 3 is 2.33 bits per heavy atom. The largest absolute Gasteiger partial charge is 0.480 e. The first-order valence-corrected chi connectivity index (χ1v) is 7.68. The summed E-state index contributed by atoms with van der Waals surface area (Å²) in [6.45, 7) is 0. The first kappa shape index (κ1) is 13.5. The molecule has 0 aromatic heterocycles. The summed E-state index contributed by atoms with van der Waals surface area (Å²) in [5.41, 5.74) is -1.03. The van der Waals surface area contributed by atoms with Crippen LogP contribution in [0.5, 0.6) is 0 Å². The van der Waals surface area contributed by atoms with E-state index in [0.717, 1.165) is 37.2 Å². The zero-order chi connectivity index (χ0) is 13.0. The average Bonchev–Trinajstić information content (AvgIpc) is 2.80. The molecule has 1 aliphatic heterocycles. The van der Waals surface area contributed by atoms with Crippen molar-refractivity contribution in [2.75, 3.05) is 11.5 Å². The lowest BCUT2D eigenvalue weighted by atomic mass is 9.98. The van der Waals surface area contributed by atoms with Crippen molar-refractivity contribution in [3.05, 3.63) is 0 Å². The monoisotopic (exact) mass is 272 g/mol. The number of rotatable bonds is 3. The molecule has 102 valence electrons. The number of hydrogen-bond donors (Lipinski definition) is 3. The fraction of sp³-hybridized carbons (Fsp3) is 0.833. The van der Waals surface area contributed by atoms with Crippen LogP contribution in [-0.2, 0) is 4.79 Å². The van der Waals surface area contributed by atoms with Crippen LogP contribution in [-0.4, -0.2) is 40.2 Å². The molecule has 0 spiro atoms. The molecule has 0 bridgehead atoms. The van der Waals surface area contributed by atoms with E-state index < -0.39 is 11.5 Å². The molecule has 3 N–H and O–H groups in total. The van der Waals surface area contributed by atoms with E-state index in [4.69, 9.17) is 0 Å². The second-order valence-electron chi connectivity index (χ2n) is 5.08. The van der Waals surface area contributed by atoms with Crippen LogP contribution in [0.4, 0.5) is 4.79 Å². The first-order chi connectivity index (χ1) is 8.62. The maximum absolute atomic E-state index is 11.9. The van der Waals surface area contributed by atoms with E-state index in [1.54, 1.807) is 0 Å². The molecule has 0 atom stereocenters. The van der Waals surface area contributed by atoms with Gasteiger partial charge in [-0.25, -0.2) is 9.59 Å². The molecular weight excluding hydrogens is 252 g/mol. The third-order valence-electron chi connectivity index (χ3n) is 3.78. The van der Waals surface area contributed by atoms with Crippen molar-refractivity contribution in [3.8, 4) is 0 Å².